The molecule has 1 N–H and O–H groups in total. The third-order valence-corrected chi connectivity index (χ3v) is 4.77. The van der Waals surface area contributed by atoms with Crippen LogP contribution in [0.1, 0.15) is 76.7 Å². The smallest absolute Gasteiger partial charge is 0.243 e. The van der Waals surface area contributed by atoms with Crippen molar-refractivity contribution in [1.29, 1.82) is 0 Å². The van der Waals surface area contributed by atoms with Crippen molar-refractivity contribution in [2.45, 2.75) is 71.1 Å². The molecule has 0 aromatic heterocycles. The fourth-order valence-electron chi connectivity index (χ4n) is 2.69. The Morgan fingerprint density at radius 2 is 1.56 bits per heavy atom. The molecule has 0 atom stereocenters. The summed E-state index contributed by atoms with van der Waals surface area (Å²) in [4.78, 5) is 11.8. The topological polar surface area (TPSA) is 29.1 Å². The molecule has 0 spiro atoms. The minimum atomic E-state index is -0.0815. The van der Waals surface area contributed by atoms with Crippen LogP contribution in [0.15, 0.2) is 24.3 Å². The second-order valence-electron chi connectivity index (χ2n) is 6.47. The Labute approximate surface area is 163 Å². The van der Waals surface area contributed by atoms with Crippen molar-refractivity contribution in [1.82, 2.24) is 5.32 Å². The number of amides is 1. The van der Waals surface area contributed by atoms with Crippen LogP contribution >= 0.6 is 23.2 Å². The zero-order chi connectivity index (χ0) is 18.3. The van der Waals surface area contributed by atoms with Gasteiger partial charge in [0.05, 0.1) is 0 Å². The zero-order valence-corrected chi connectivity index (χ0v) is 16.8. The Balaban J connectivity index is 2.02. The molecule has 0 saturated carbocycles. The normalized spacial score (nSPS) is 11.2. The van der Waals surface area contributed by atoms with Crippen LogP contribution in [0.2, 0.25) is 10.0 Å². The first-order valence-electron chi connectivity index (χ1n) is 9.54. The highest BCUT2D eigenvalue weighted by Gasteiger charge is 1.99. The lowest BCUT2D eigenvalue weighted by molar-refractivity contribution is -0.116. The monoisotopic (exact) mass is 383 g/mol. The van der Waals surface area contributed by atoms with Crippen LogP contribution in [-0.4, -0.2) is 12.5 Å². The predicted molar refractivity (Wildman–Crippen MR) is 110 cm³/mol. The Hall–Kier alpha value is -0.990. The van der Waals surface area contributed by atoms with Gasteiger partial charge in [0.15, 0.2) is 0 Å². The van der Waals surface area contributed by atoms with E-state index < -0.39 is 0 Å². The standard InChI is InChI=1S/C21H31Cl2NO/c1-2-3-4-5-6-7-8-9-10-11-16-24-21(25)15-13-18-12-14-19(22)17-20(18)23/h12-15,17H,2-11,16H2,1H3,(H,24,25). The van der Waals surface area contributed by atoms with Gasteiger partial charge in [-0.3, -0.25) is 4.79 Å². The molecule has 1 rings (SSSR count). The van der Waals surface area contributed by atoms with Crippen LogP contribution in [0.5, 0.6) is 0 Å². The Bertz CT molecular complexity index is 529. The van der Waals surface area contributed by atoms with Crippen molar-refractivity contribution in [2.24, 2.45) is 0 Å². The van der Waals surface area contributed by atoms with E-state index in [1.165, 1.54) is 63.9 Å². The summed E-state index contributed by atoms with van der Waals surface area (Å²) in [5.74, 6) is -0.0815. The van der Waals surface area contributed by atoms with Gasteiger partial charge in [0.2, 0.25) is 5.91 Å². The van der Waals surface area contributed by atoms with E-state index in [0.717, 1.165) is 18.5 Å². The molecule has 0 aliphatic rings. The van der Waals surface area contributed by atoms with E-state index in [-0.39, 0.29) is 5.91 Å². The van der Waals surface area contributed by atoms with Gasteiger partial charge in [0.25, 0.3) is 0 Å². The van der Waals surface area contributed by atoms with Gasteiger partial charge in [-0.1, -0.05) is 94.0 Å². The van der Waals surface area contributed by atoms with Crippen molar-refractivity contribution in [3.8, 4) is 0 Å². The van der Waals surface area contributed by atoms with Gasteiger partial charge in [-0.15, -0.1) is 0 Å². The highest BCUT2D eigenvalue weighted by molar-refractivity contribution is 6.35. The van der Waals surface area contributed by atoms with Gasteiger partial charge < -0.3 is 5.32 Å². The summed E-state index contributed by atoms with van der Waals surface area (Å²) in [6.07, 6.45) is 16.2. The molecular formula is C21H31Cl2NO. The van der Waals surface area contributed by atoms with Gasteiger partial charge in [-0.25, -0.2) is 0 Å². The Morgan fingerprint density at radius 3 is 2.16 bits per heavy atom. The van der Waals surface area contributed by atoms with E-state index in [2.05, 4.69) is 12.2 Å². The summed E-state index contributed by atoms with van der Waals surface area (Å²) in [6, 6.07) is 5.23. The first-order chi connectivity index (χ1) is 12.1. The minimum absolute atomic E-state index is 0.0815. The van der Waals surface area contributed by atoms with E-state index in [4.69, 9.17) is 23.2 Å². The molecule has 25 heavy (non-hydrogen) atoms. The van der Waals surface area contributed by atoms with Gasteiger partial charge in [-0.05, 0) is 30.2 Å². The van der Waals surface area contributed by atoms with Crippen LogP contribution < -0.4 is 5.32 Å². The van der Waals surface area contributed by atoms with E-state index in [1.54, 1.807) is 24.3 Å². The molecular weight excluding hydrogens is 353 g/mol. The van der Waals surface area contributed by atoms with Crippen molar-refractivity contribution in [3.05, 3.63) is 39.9 Å². The lowest BCUT2D eigenvalue weighted by Gasteiger charge is -2.04. The number of hydrogen-bond acceptors (Lipinski definition) is 1. The molecule has 0 aliphatic carbocycles. The molecule has 1 aromatic rings. The molecule has 140 valence electrons. The maximum Gasteiger partial charge on any atom is 0.243 e. The van der Waals surface area contributed by atoms with Crippen molar-refractivity contribution < 1.29 is 4.79 Å². The summed E-state index contributed by atoms with van der Waals surface area (Å²) in [5, 5.41) is 4.05. The van der Waals surface area contributed by atoms with Gasteiger partial charge in [0.1, 0.15) is 0 Å². The largest absolute Gasteiger partial charge is 0.353 e. The van der Waals surface area contributed by atoms with Crippen molar-refractivity contribution in [3.63, 3.8) is 0 Å². The highest BCUT2D eigenvalue weighted by Crippen LogP contribution is 2.21. The van der Waals surface area contributed by atoms with Crippen molar-refractivity contribution >= 4 is 35.2 Å². The molecule has 0 fully saturated rings. The number of carbonyl (C=O) groups excluding carboxylic acids is 1. The molecule has 0 bridgehead atoms. The van der Waals surface area contributed by atoms with Crippen molar-refractivity contribution in [2.75, 3.05) is 6.54 Å². The van der Waals surface area contributed by atoms with Gasteiger partial charge >= 0.3 is 0 Å². The molecule has 0 unspecified atom stereocenters. The van der Waals surface area contributed by atoms with Crippen LogP contribution in [0.3, 0.4) is 0 Å². The molecule has 1 aromatic carbocycles. The fourth-order valence-corrected chi connectivity index (χ4v) is 3.16. The maximum absolute atomic E-state index is 11.8. The number of carbonyl (C=O) groups is 1. The fraction of sp³-hybridized carbons (Fsp3) is 0.571. The molecule has 0 aliphatic heterocycles. The third-order valence-electron chi connectivity index (χ3n) is 4.21. The minimum Gasteiger partial charge on any atom is -0.353 e. The lowest BCUT2D eigenvalue weighted by Crippen LogP contribution is -2.21. The summed E-state index contributed by atoms with van der Waals surface area (Å²) in [5.41, 5.74) is 0.792. The first-order valence-corrected chi connectivity index (χ1v) is 10.3. The van der Waals surface area contributed by atoms with E-state index in [1.807, 2.05) is 0 Å². The number of nitrogens with one attached hydrogen (secondary N) is 1. The second-order valence-corrected chi connectivity index (χ2v) is 7.32. The van der Waals surface area contributed by atoms with Crippen LogP contribution in [0, 0.1) is 0 Å². The summed E-state index contributed by atoms with van der Waals surface area (Å²) >= 11 is 11.9. The van der Waals surface area contributed by atoms with Crippen LogP contribution in [0.4, 0.5) is 0 Å². The number of unbranched alkanes of at least 4 members (excludes halogenated alkanes) is 9. The Morgan fingerprint density at radius 1 is 0.960 bits per heavy atom. The second kappa shape index (κ2) is 14.2. The highest BCUT2D eigenvalue weighted by atomic mass is 35.5. The Kier molecular flexibility index (Phi) is 12.5. The predicted octanol–water partition coefficient (Wildman–Crippen LogP) is 7.04. The first kappa shape index (κ1) is 22.1. The van der Waals surface area contributed by atoms with E-state index >= 15 is 0 Å². The molecule has 0 heterocycles. The summed E-state index contributed by atoms with van der Waals surface area (Å²) < 4.78 is 0. The average Bonchev–Trinajstić information content (AvgIpc) is 2.59. The van der Waals surface area contributed by atoms with E-state index in [0.29, 0.717) is 10.0 Å². The molecule has 2 nitrogen and oxygen atoms in total. The number of rotatable bonds is 13. The summed E-state index contributed by atoms with van der Waals surface area (Å²) in [6.45, 7) is 2.98. The van der Waals surface area contributed by atoms with Gasteiger partial charge in [-0.2, -0.15) is 0 Å². The van der Waals surface area contributed by atoms with Gasteiger partial charge in [0, 0.05) is 22.7 Å². The maximum atomic E-state index is 11.8. The summed E-state index contributed by atoms with van der Waals surface area (Å²) in [7, 11) is 0. The number of hydrogen-bond donors (Lipinski definition) is 1. The molecule has 4 heteroatoms. The average molecular weight is 384 g/mol. The SMILES string of the molecule is CCCCCCCCCCCCNC(=O)C=Cc1ccc(Cl)cc1Cl. The quantitative estimate of drug-likeness (QED) is 0.287. The lowest BCUT2D eigenvalue weighted by atomic mass is 10.1. The number of halogens is 2. The van der Waals surface area contributed by atoms with Crippen LogP contribution in [0.25, 0.3) is 6.08 Å². The van der Waals surface area contributed by atoms with Crippen LogP contribution in [-0.2, 0) is 4.79 Å². The zero-order valence-electron chi connectivity index (χ0n) is 15.3. The number of benzene rings is 1. The molecule has 0 saturated heterocycles. The molecule has 1 amide bonds. The third kappa shape index (κ3) is 11.3. The van der Waals surface area contributed by atoms with E-state index in [9.17, 15) is 4.79 Å². The molecule has 0 radical (unpaired) electrons.